The molecule has 0 amide bonds. The maximum absolute atomic E-state index is 2.53. The van der Waals surface area contributed by atoms with Crippen molar-refractivity contribution in [1.29, 1.82) is 0 Å². The largest absolute Gasteiger partial charge is 0.310 e. The molecule has 11 aromatic carbocycles. The fraction of sp³-hybridized carbons (Fsp3) is 0.108. The van der Waals surface area contributed by atoms with Gasteiger partial charge >= 0.3 is 0 Å². The van der Waals surface area contributed by atoms with E-state index in [1.807, 2.05) is 0 Å². The summed E-state index contributed by atoms with van der Waals surface area (Å²) in [5.41, 5.74) is 30.3. The number of hydrogen-bond acceptors (Lipinski definition) is 3. The van der Waals surface area contributed by atoms with Crippen molar-refractivity contribution in [3.05, 3.63) is 304 Å². The summed E-state index contributed by atoms with van der Waals surface area (Å²) in [5, 5.41) is 0. The van der Waals surface area contributed by atoms with Gasteiger partial charge in [0.1, 0.15) is 0 Å². The number of nitrogens with zero attached hydrogens (tertiary/aromatic N) is 3. The van der Waals surface area contributed by atoms with Crippen LogP contribution in [0.25, 0.3) is 33.4 Å². The number of hydrogen-bond donors (Lipinski definition) is 0. The molecule has 11 aromatic rings. The topological polar surface area (TPSA) is 9.72 Å². The third-order valence-electron chi connectivity index (χ3n) is 15.9. The van der Waals surface area contributed by atoms with Gasteiger partial charge in [-0.1, -0.05) is 133 Å². The van der Waals surface area contributed by atoms with Gasteiger partial charge in [-0.3, -0.25) is 0 Å². The highest BCUT2D eigenvalue weighted by Gasteiger charge is 2.53. The van der Waals surface area contributed by atoms with E-state index in [-0.39, 0.29) is 0 Å². The van der Waals surface area contributed by atoms with Gasteiger partial charge in [0.25, 0.3) is 0 Å². The van der Waals surface area contributed by atoms with Crippen molar-refractivity contribution in [3.63, 3.8) is 0 Å². The van der Waals surface area contributed by atoms with Crippen LogP contribution in [0.3, 0.4) is 0 Å². The van der Waals surface area contributed by atoms with E-state index in [4.69, 9.17) is 0 Å². The molecule has 77 heavy (non-hydrogen) atoms. The lowest BCUT2D eigenvalue weighted by Gasteiger charge is -2.34. The average Bonchev–Trinajstić information content (AvgIpc) is 3.89. The zero-order chi connectivity index (χ0) is 52.5. The summed E-state index contributed by atoms with van der Waals surface area (Å²) < 4.78 is 0. The molecule has 3 nitrogen and oxygen atoms in total. The highest BCUT2D eigenvalue weighted by atomic mass is 15.2. The van der Waals surface area contributed by atoms with E-state index < -0.39 is 5.41 Å². The van der Waals surface area contributed by atoms with Crippen molar-refractivity contribution >= 4 is 51.2 Å². The van der Waals surface area contributed by atoms with Crippen molar-refractivity contribution in [3.8, 4) is 33.4 Å². The quantitative estimate of drug-likeness (QED) is 0.135. The van der Waals surface area contributed by atoms with E-state index in [1.165, 1.54) is 94.6 Å². The average molecular weight is 992 g/mol. The Labute approximate surface area is 454 Å². The third kappa shape index (κ3) is 8.22. The first-order chi connectivity index (χ1) is 37.5. The number of rotatable bonds is 10. The van der Waals surface area contributed by atoms with Gasteiger partial charge < -0.3 is 14.7 Å². The molecule has 0 unspecified atom stereocenters. The maximum Gasteiger partial charge on any atom is 0.0728 e. The molecule has 0 fully saturated rings. The van der Waals surface area contributed by atoms with Crippen LogP contribution in [0.5, 0.6) is 0 Å². The van der Waals surface area contributed by atoms with E-state index in [2.05, 4.69) is 306 Å². The van der Waals surface area contributed by atoms with Crippen LogP contribution in [0.2, 0.25) is 0 Å². The zero-order valence-corrected chi connectivity index (χ0v) is 44.9. The van der Waals surface area contributed by atoms with E-state index in [0.29, 0.717) is 0 Å². The summed E-state index contributed by atoms with van der Waals surface area (Å²) in [6, 6.07) is 91.6. The van der Waals surface area contributed by atoms with Crippen LogP contribution >= 0.6 is 0 Å². The van der Waals surface area contributed by atoms with Gasteiger partial charge in [-0.15, -0.1) is 0 Å². The molecule has 0 aliphatic heterocycles. The fourth-order valence-corrected chi connectivity index (χ4v) is 12.6. The van der Waals surface area contributed by atoms with Crippen molar-refractivity contribution in [1.82, 2.24) is 0 Å². The predicted molar refractivity (Wildman–Crippen MR) is 325 cm³/mol. The van der Waals surface area contributed by atoms with Gasteiger partial charge in [-0.2, -0.15) is 0 Å². The van der Waals surface area contributed by atoms with Gasteiger partial charge in [0.2, 0.25) is 0 Å². The molecule has 3 heteroatoms. The summed E-state index contributed by atoms with van der Waals surface area (Å²) >= 11 is 0. The van der Waals surface area contributed by atoms with Crippen molar-refractivity contribution in [2.45, 2.75) is 53.9 Å². The number of benzene rings is 11. The van der Waals surface area contributed by atoms with Crippen LogP contribution in [-0.4, -0.2) is 0 Å². The molecular weight excluding hydrogens is 931 g/mol. The Morgan fingerprint density at radius 3 is 0.727 bits per heavy atom. The lowest BCUT2D eigenvalue weighted by Crippen LogP contribution is -2.27. The van der Waals surface area contributed by atoms with E-state index in [0.717, 1.165) is 51.2 Å². The second-order valence-corrected chi connectivity index (χ2v) is 21.6. The molecule has 2 aliphatic carbocycles. The SMILES string of the molecule is Cc1cccc(-c2ccc3c(c2)C2(c4cc(N(c5cccc(C)c5)c5cccc(C)c5)ccc4-3)c3cc(N(c4cccc(C)c4)c4cccc(C)c4)ccc3-c3ccc(N(c4cccc(C)c4)c4cccc(C)c4)cc32)c1. The highest BCUT2D eigenvalue weighted by molar-refractivity contribution is 5.99. The lowest BCUT2D eigenvalue weighted by molar-refractivity contribution is 0.793. The molecule has 0 saturated carbocycles. The van der Waals surface area contributed by atoms with E-state index >= 15 is 0 Å². The molecular formula is C74H61N3. The van der Waals surface area contributed by atoms with Gasteiger partial charge in [-0.05, 0) is 253 Å². The van der Waals surface area contributed by atoms with E-state index in [9.17, 15) is 0 Å². The summed E-state index contributed by atoms with van der Waals surface area (Å²) in [5.74, 6) is 0. The Hall–Kier alpha value is -9.18. The van der Waals surface area contributed by atoms with Crippen LogP contribution in [-0.2, 0) is 5.41 Å². The molecule has 0 heterocycles. The van der Waals surface area contributed by atoms with Gasteiger partial charge in [0.05, 0.1) is 5.41 Å². The first-order valence-electron chi connectivity index (χ1n) is 27.0. The molecule has 0 bridgehead atoms. The Morgan fingerprint density at radius 1 is 0.208 bits per heavy atom. The predicted octanol–water partition coefficient (Wildman–Crippen LogP) is 20.3. The zero-order valence-electron chi connectivity index (χ0n) is 44.9. The Balaban J connectivity index is 1.15. The van der Waals surface area contributed by atoms with Gasteiger partial charge in [0, 0.05) is 51.2 Å². The van der Waals surface area contributed by atoms with Crippen LogP contribution in [0, 0.1) is 48.5 Å². The minimum atomic E-state index is -0.766. The number of fused-ring (bicyclic) bond motifs is 10. The first-order valence-corrected chi connectivity index (χ1v) is 27.0. The molecule has 372 valence electrons. The van der Waals surface area contributed by atoms with Crippen molar-refractivity contribution in [2.24, 2.45) is 0 Å². The molecule has 1 spiro atoms. The number of anilines is 9. The monoisotopic (exact) mass is 991 g/mol. The highest BCUT2D eigenvalue weighted by Crippen LogP contribution is 2.65. The molecule has 0 aromatic heterocycles. The third-order valence-corrected chi connectivity index (χ3v) is 15.9. The van der Waals surface area contributed by atoms with Crippen LogP contribution in [0.15, 0.2) is 243 Å². The second-order valence-electron chi connectivity index (χ2n) is 21.6. The molecule has 0 N–H and O–H groups in total. The van der Waals surface area contributed by atoms with Crippen LogP contribution < -0.4 is 14.7 Å². The Bertz CT molecular complexity index is 3690. The van der Waals surface area contributed by atoms with Gasteiger partial charge in [0.15, 0.2) is 0 Å². The Kier molecular flexibility index (Phi) is 11.7. The van der Waals surface area contributed by atoms with Crippen molar-refractivity contribution in [2.75, 3.05) is 14.7 Å². The molecule has 13 rings (SSSR count). The normalized spacial score (nSPS) is 12.5. The second kappa shape index (κ2) is 18.9. The summed E-state index contributed by atoms with van der Waals surface area (Å²) in [4.78, 5) is 7.35. The van der Waals surface area contributed by atoms with Crippen molar-refractivity contribution < 1.29 is 0 Å². The molecule has 2 aliphatic rings. The van der Waals surface area contributed by atoms with Gasteiger partial charge in [-0.25, -0.2) is 0 Å². The molecule has 0 radical (unpaired) electrons. The van der Waals surface area contributed by atoms with Crippen LogP contribution in [0.1, 0.15) is 61.2 Å². The number of aryl methyl sites for hydroxylation is 7. The minimum absolute atomic E-state index is 0.766. The molecule has 0 atom stereocenters. The summed E-state index contributed by atoms with van der Waals surface area (Å²) in [6.45, 7) is 15.3. The van der Waals surface area contributed by atoms with Crippen LogP contribution in [0.4, 0.5) is 51.2 Å². The maximum atomic E-state index is 2.53. The summed E-state index contributed by atoms with van der Waals surface area (Å²) in [6.07, 6.45) is 0. The minimum Gasteiger partial charge on any atom is -0.310 e. The fourth-order valence-electron chi connectivity index (χ4n) is 12.6. The lowest BCUT2D eigenvalue weighted by atomic mass is 9.70. The standard InChI is InChI=1S/C74H61N3/c1-48-15-8-22-55(37-48)56-29-33-66-67-34-30-63(75(57-23-9-16-49(2)38-57)58-24-10-17-50(3)39-58)45-71(67)74(70(66)44-56)72-46-64(76(59-25-11-18-51(4)40-59)60-26-12-19-52(5)41-60)31-35-68(72)69-36-32-65(47-73(69)74)77(61-27-13-20-53(6)42-61)62-28-14-21-54(7)43-62/h8-47H,1-7H3. The van der Waals surface area contributed by atoms with E-state index in [1.54, 1.807) is 0 Å². The smallest absolute Gasteiger partial charge is 0.0728 e. The first kappa shape index (κ1) is 47.5. The summed E-state index contributed by atoms with van der Waals surface area (Å²) in [7, 11) is 0. The Morgan fingerprint density at radius 2 is 0.442 bits per heavy atom. The molecule has 0 saturated heterocycles.